The Labute approximate surface area is 389 Å². The number of sulfone groups is 1. The molecule has 0 aliphatic carbocycles. The Hall–Kier alpha value is -5.76. The van der Waals surface area contributed by atoms with Crippen LogP contribution in [0.3, 0.4) is 0 Å². The molecule has 5 heterocycles. The number of unbranched alkanes of at least 4 members (excludes halogenated alkanes) is 1. The molecule has 5 aliphatic rings. The number of carbonyl (C=O) groups excluding carboxylic acids is 6. The summed E-state index contributed by atoms with van der Waals surface area (Å²) in [6.45, 7) is 8.93. The smallest absolute Gasteiger partial charge is 0.264 e. The number of nitrogens with zero attached hydrogens (tertiary/aromatic N) is 5. The van der Waals surface area contributed by atoms with Gasteiger partial charge in [0.2, 0.25) is 17.7 Å². The summed E-state index contributed by atoms with van der Waals surface area (Å²) in [5.74, 6) is -3.02. The molecule has 3 aromatic rings. The third kappa shape index (κ3) is 10.5. The zero-order valence-corrected chi connectivity index (χ0v) is 39.0. The SMILES string of the molecule is CCOc1cc([C@@H](CS(C)(=O)=O)N2C(=O)c3cccc(NC(=O)CN4CCN(CCCCN5CCC(c6cc7c(cc6F)C(=O)N(C6CCC(=O)NC6=O)C7)CC5)CC4)c3C2=O)ccc1OC. The maximum absolute atomic E-state index is 15.4. The predicted octanol–water partition coefficient (Wildman–Crippen LogP) is 3.59. The first kappa shape index (κ1) is 47.7. The molecule has 1 unspecified atom stereocenters. The highest BCUT2D eigenvalue weighted by Gasteiger charge is 2.44. The molecular weight excluding hydrogens is 886 g/mol. The van der Waals surface area contributed by atoms with Crippen molar-refractivity contribution >= 4 is 51.0 Å². The van der Waals surface area contributed by atoms with Crippen molar-refractivity contribution in [3.8, 4) is 11.5 Å². The van der Waals surface area contributed by atoms with Gasteiger partial charge in [0.15, 0.2) is 11.5 Å². The van der Waals surface area contributed by atoms with Crippen LogP contribution in [0, 0.1) is 5.82 Å². The lowest BCUT2D eigenvalue weighted by Crippen LogP contribution is -2.52. The fraction of sp³-hybridized carbons (Fsp3) is 0.500. The Morgan fingerprint density at radius 2 is 1.55 bits per heavy atom. The highest BCUT2D eigenvalue weighted by Crippen LogP contribution is 2.39. The first-order valence-corrected chi connectivity index (χ1v) is 25.1. The minimum atomic E-state index is -3.69. The highest BCUT2D eigenvalue weighted by molar-refractivity contribution is 7.90. The largest absolute Gasteiger partial charge is 0.493 e. The van der Waals surface area contributed by atoms with Gasteiger partial charge in [0.25, 0.3) is 17.7 Å². The van der Waals surface area contributed by atoms with Crippen molar-refractivity contribution in [2.75, 3.05) is 89.9 Å². The summed E-state index contributed by atoms with van der Waals surface area (Å²) in [5, 5.41) is 5.15. The van der Waals surface area contributed by atoms with Crippen molar-refractivity contribution in [3.05, 3.63) is 87.7 Å². The van der Waals surface area contributed by atoms with E-state index in [0.29, 0.717) is 42.3 Å². The molecule has 67 heavy (non-hydrogen) atoms. The molecule has 5 aliphatic heterocycles. The number of piperazine rings is 1. The monoisotopic (exact) mass is 943 g/mol. The van der Waals surface area contributed by atoms with Gasteiger partial charge in [0.1, 0.15) is 21.7 Å². The number of benzene rings is 3. The molecule has 2 atom stereocenters. The molecule has 0 radical (unpaired) electrons. The van der Waals surface area contributed by atoms with E-state index in [-0.39, 0.29) is 77.8 Å². The molecule has 17 nitrogen and oxygen atoms in total. The van der Waals surface area contributed by atoms with Crippen molar-refractivity contribution in [2.45, 2.75) is 70.0 Å². The van der Waals surface area contributed by atoms with Crippen LogP contribution in [0.25, 0.3) is 0 Å². The van der Waals surface area contributed by atoms with Crippen LogP contribution in [0.4, 0.5) is 10.1 Å². The van der Waals surface area contributed by atoms with Gasteiger partial charge in [-0.1, -0.05) is 18.2 Å². The Bertz CT molecular complexity index is 2560. The van der Waals surface area contributed by atoms with E-state index in [1.54, 1.807) is 43.3 Å². The quantitative estimate of drug-likeness (QED) is 0.147. The van der Waals surface area contributed by atoms with Crippen molar-refractivity contribution in [2.24, 2.45) is 0 Å². The Balaban J connectivity index is 0.774. The summed E-state index contributed by atoms with van der Waals surface area (Å²) in [6.07, 6.45) is 5.11. The molecule has 2 N–H and O–H groups in total. The number of hydrogen-bond donors (Lipinski definition) is 2. The lowest BCUT2D eigenvalue weighted by Gasteiger charge is -2.35. The van der Waals surface area contributed by atoms with E-state index in [4.69, 9.17) is 9.47 Å². The molecule has 0 aromatic heterocycles. The minimum absolute atomic E-state index is 0.0143. The number of halogens is 1. The van der Waals surface area contributed by atoms with E-state index < -0.39 is 45.4 Å². The number of ether oxygens (including phenoxy) is 2. The second-order valence-electron chi connectivity index (χ2n) is 18.1. The number of fused-ring (bicyclic) bond motifs is 2. The van der Waals surface area contributed by atoms with Gasteiger partial charge in [-0.3, -0.25) is 43.9 Å². The van der Waals surface area contributed by atoms with Gasteiger partial charge in [-0.15, -0.1) is 0 Å². The zero-order chi connectivity index (χ0) is 47.6. The maximum atomic E-state index is 15.4. The van der Waals surface area contributed by atoms with Crippen LogP contribution in [0.15, 0.2) is 48.5 Å². The predicted molar refractivity (Wildman–Crippen MR) is 245 cm³/mol. The average Bonchev–Trinajstić information content (AvgIpc) is 3.75. The highest BCUT2D eigenvalue weighted by atomic mass is 32.2. The number of anilines is 1. The number of rotatable bonds is 17. The number of likely N-dealkylation sites (tertiary alicyclic amines) is 1. The standard InChI is InChI=1S/C48H58FN7O10S/c1-4-66-41-25-31(10-12-40(41)65-2)39(29-67(3,63)64)56-47(61)33-8-7-9-37(44(33)48(56)62)50-43(58)28-54-22-20-53(21-23-54)17-6-5-16-52-18-14-30(15-19-52)34-24-32-27-55(46(60)35(32)26-36(34)49)38-11-13-42(57)51-45(38)59/h7-10,12,24-26,30,38-39H,4-6,11,13-23,27-29H2,1-3H3,(H,50,58)(H,51,57,59)/t38?,39-/m1/s1. The number of amides is 6. The topological polar surface area (TPSA) is 195 Å². The molecule has 0 bridgehead atoms. The summed E-state index contributed by atoms with van der Waals surface area (Å²) < 4.78 is 51.9. The second-order valence-corrected chi connectivity index (χ2v) is 20.3. The first-order valence-electron chi connectivity index (χ1n) is 23.1. The summed E-state index contributed by atoms with van der Waals surface area (Å²) in [5.41, 5.74) is 2.28. The van der Waals surface area contributed by atoms with Gasteiger partial charge in [0, 0.05) is 51.0 Å². The van der Waals surface area contributed by atoms with Crippen LogP contribution in [0.2, 0.25) is 0 Å². The van der Waals surface area contributed by atoms with Crippen molar-refractivity contribution < 1.29 is 51.0 Å². The lowest BCUT2D eigenvalue weighted by molar-refractivity contribution is -0.137. The van der Waals surface area contributed by atoms with Gasteiger partial charge in [-0.25, -0.2) is 12.8 Å². The fourth-order valence-electron chi connectivity index (χ4n) is 10.1. The van der Waals surface area contributed by atoms with Crippen LogP contribution in [0.1, 0.15) is 105 Å². The van der Waals surface area contributed by atoms with E-state index in [9.17, 15) is 37.2 Å². The summed E-state index contributed by atoms with van der Waals surface area (Å²) in [6, 6.07) is 10.7. The van der Waals surface area contributed by atoms with Gasteiger partial charge in [-0.05, 0) is 118 Å². The Morgan fingerprint density at radius 1 is 0.851 bits per heavy atom. The van der Waals surface area contributed by atoms with E-state index in [1.165, 1.54) is 24.1 Å². The number of carbonyl (C=O) groups is 6. The summed E-state index contributed by atoms with van der Waals surface area (Å²) in [7, 11) is -2.22. The zero-order valence-electron chi connectivity index (χ0n) is 38.2. The van der Waals surface area contributed by atoms with Crippen molar-refractivity contribution in [1.29, 1.82) is 0 Å². The van der Waals surface area contributed by atoms with E-state index >= 15 is 4.39 Å². The van der Waals surface area contributed by atoms with Crippen LogP contribution in [-0.2, 0) is 30.8 Å². The third-order valence-corrected chi connectivity index (χ3v) is 14.5. The van der Waals surface area contributed by atoms with Gasteiger partial charge in [0.05, 0.1) is 48.9 Å². The van der Waals surface area contributed by atoms with E-state index in [0.717, 1.165) is 81.7 Å². The number of imide groups is 2. The van der Waals surface area contributed by atoms with Crippen molar-refractivity contribution in [1.82, 2.24) is 29.8 Å². The molecule has 0 spiro atoms. The molecule has 8 rings (SSSR count). The number of piperidine rings is 2. The van der Waals surface area contributed by atoms with Crippen LogP contribution in [-0.4, -0.2) is 159 Å². The molecule has 0 saturated carbocycles. The lowest BCUT2D eigenvalue weighted by atomic mass is 9.87. The van der Waals surface area contributed by atoms with Gasteiger partial charge in [-0.2, -0.15) is 0 Å². The number of methoxy groups -OCH3 is 1. The molecule has 6 amide bonds. The molecule has 3 saturated heterocycles. The van der Waals surface area contributed by atoms with Crippen LogP contribution in [0.5, 0.6) is 11.5 Å². The Morgan fingerprint density at radius 3 is 2.22 bits per heavy atom. The minimum Gasteiger partial charge on any atom is -0.493 e. The molecular formula is C48H58FN7O10S. The molecule has 19 heteroatoms. The average molecular weight is 944 g/mol. The summed E-state index contributed by atoms with van der Waals surface area (Å²) in [4.78, 5) is 87.8. The number of nitrogens with one attached hydrogen (secondary N) is 2. The van der Waals surface area contributed by atoms with E-state index in [2.05, 4.69) is 25.3 Å². The van der Waals surface area contributed by atoms with Crippen LogP contribution < -0.4 is 20.1 Å². The van der Waals surface area contributed by atoms with Crippen LogP contribution >= 0.6 is 0 Å². The number of hydrogen-bond acceptors (Lipinski definition) is 13. The first-order chi connectivity index (χ1) is 32.1. The van der Waals surface area contributed by atoms with Crippen molar-refractivity contribution in [3.63, 3.8) is 0 Å². The van der Waals surface area contributed by atoms with E-state index in [1.807, 2.05) is 0 Å². The Kier molecular flexibility index (Phi) is 14.4. The normalized spacial score (nSPS) is 20.2. The summed E-state index contributed by atoms with van der Waals surface area (Å²) >= 11 is 0. The molecule has 358 valence electrons. The third-order valence-electron chi connectivity index (χ3n) is 13.6. The van der Waals surface area contributed by atoms with Gasteiger partial charge >= 0.3 is 0 Å². The van der Waals surface area contributed by atoms with Gasteiger partial charge < -0.3 is 29.5 Å². The maximum Gasteiger partial charge on any atom is 0.264 e. The second kappa shape index (κ2) is 20.2. The fourth-order valence-corrected chi connectivity index (χ4v) is 11.0. The molecule has 3 fully saturated rings. The molecule has 3 aromatic carbocycles.